The molecule has 4 rings (SSSR count). The molecule has 0 radical (unpaired) electrons. The Hall–Kier alpha value is -2.21. The largest absolute Gasteiger partial charge is 0.481 e. The number of carbonyl (C=O) groups excluding carboxylic acids is 1. The van der Waals surface area contributed by atoms with Gasteiger partial charge in [-0.1, -0.05) is 24.3 Å². The highest BCUT2D eigenvalue weighted by Gasteiger charge is 2.52. The number of fused-ring (bicyclic) bond motifs is 2. The molecule has 6 heteroatoms. The van der Waals surface area contributed by atoms with Gasteiger partial charge in [0.1, 0.15) is 5.82 Å². The Balaban J connectivity index is 1.36. The van der Waals surface area contributed by atoms with E-state index in [2.05, 4.69) is 4.90 Å². The number of carbonyl (C=O) groups is 2. The van der Waals surface area contributed by atoms with Crippen molar-refractivity contribution in [3.8, 4) is 0 Å². The lowest BCUT2D eigenvalue weighted by Crippen LogP contribution is -2.52. The summed E-state index contributed by atoms with van der Waals surface area (Å²) in [5.41, 5.74) is 1.05. The number of rotatable bonds is 4. The molecule has 2 fully saturated rings. The fraction of sp³-hybridized carbons (Fsp3) is 0.500. The Morgan fingerprint density at radius 3 is 2.23 bits per heavy atom. The van der Waals surface area contributed by atoms with Crippen molar-refractivity contribution in [3.05, 3.63) is 47.8 Å². The second-order valence-electron chi connectivity index (χ2n) is 7.57. The van der Waals surface area contributed by atoms with Crippen LogP contribution < -0.4 is 0 Å². The zero-order chi connectivity index (χ0) is 18.3. The van der Waals surface area contributed by atoms with Crippen LogP contribution in [0.3, 0.4) is 0 Å². The van der Waals surface area contributed by atoms with Crippen LogP contribution >= 0.6 is 0 Å². The van der Waals surface area contributed by atoms with Gasteiger partial charge in [0.2, 0.25) is 5.91 Å². The summed E-state index contributed by atoms with van der Waals surface area (Å²) < 4.78 is 13.0. The number of halogens is 1. The Kier molecular flexibility index (Phi) is 4.53. The molecule has 0 aromatic heterocycles. The van der Waals surface area contributed by atoms with Gasteiger partial charge in [-0.15, -0.1) is 0 Å². The van der Waals surface area contributed by atoms with Crippen LogP contribution in [0, 0.1) is 29.5 Å². The molecule has 1 N–H and O–H groups in total. The van der Waals surface area contributed by atoms with Crippen LogP contribution in [0.2, 0.25) is 0 Å². The first-order valence-corrected chi connectivity index (χ1v) is 9.19. The monoisotopic (exact) mass is 358 g/mol. The third kappa shape index (κ3) is 3.14. The summed E-state index contributed by atoms with van der Waals surface area (Å²) in [5.74, 6) is -2.00. The molecule has 1 amide bonds. The molecule has 26 heavy (non-hydrogen) atoms. The third-order valence-corrected chi connectivity index (χ3v) is 6.03. The van der Waals surface area contributed by atoms with Crippen molar-refractivity contribution in [1.82, 2.24) is 9.80 Å². The average molecular weight is 358 g/mol. The van der Waals surface area contributed by atoms with Gasteiger partial charge in [0, 0.05) is 32.7 Å². The first-order chi connectivity index (χ1) is 12.5. The fourth-order valence-electron chi connectivity index (χ4n) is 4.68. The average Bonchev–Trinajstić information content (AvgIpc) is 3.25. The molecule has 1 aliphatic heterocycles. The van der Waals surface area contributed by atoms with Crippen molar-refractivity contribution in [2.75, 3.05) is 26.2 Å². The third-order valence-electron chi connectivity index (χ3n) is 6.03. The molecule has 0 spiro atoms. The predicted molar refractivity (Wildman–Crippen MR) is 93.6 cm³/mol. The molecule has 0 unspecified atom stereocenters. The topological polar surface area (TPSA) is 60.9 Å². The summed E-state index contributed by atoms with van der Waals surface area (Å²) in [7, 11) is 0. The predicted octanol–water partition coefficient (Wildman–Crippen LogP) is 1.99. The first kappa shape index (κ1) is 17.2. The second kappa shape index (κ2) is 6.83. The smallest absolute Gasteiger partial charge is 0.307 e. The van der Waals surface area contributed by atoms with E-state index >= 15 is 0 Å². The molecular formula is C20H23FN2O3. The van der Waals surface area contributed by atoms with E-state index < -0.39 is 17.8 Å². The van der Waals surface area contributed by atoms with Crippen LogP contribution in [0.1, 0.15) is 12.0 Å². The Bertz CT molecular complexity index is 725. The second-order valence-corrected chi connectivity index (χ2v) is 7.57. The molecule has 138 valence electrons. The molecule has 1 saturated carbocycles. The van der Waals surface area contributed by atoms with Crippen LogP contribution in [-0.2, 0) is 16.1 Å². The fourth-order valence-corrected chi connectivity index (χ4v) is 4.68. The van der Waals surface area contributed by atoms with Crippen molar-refractivity contribution in [3.63, 3.8) is 0 Å². The lowest BCUT2D eigenvalue weighted by molar-refractivity contribution is -0.151. The van der Waals surface area contributed by atoms with Crippen LogP contribution in [0.4, 0.5) is 4.39 Å². The number of benzene rings is 1. The molecular weight excluding hydrogens is 335 g/mol. The number of nitrogens with zero attached hydrogens (tertiary/aromatic N) is 2. The van der Waals surface area contributed by atoms with E-state index in [9.17, 15) is 19.1 Å². The summed E-state index contributed by atoms with van der Waals surface area (Å²) in [6.07, 6.45) is 4.78. The Labute approximate surface area is 152 Å². The summed E-state index contributed by atoms with van der Waals surface area (Å²) in [5, 5.41) is 9.54. The van der Waals surface area contributed by atoms with E-state index in [1.807, 2.05) is 17.1 Å². The number of allylic oxidation sites excluding steroid dienone is 2. The summed E-state index contributed by atoms with van der Waals surface area (Å²) in [6.45, 7) is 3.46. The number of piperazine rings is 1. The van der Waals surface area contributed by atoms with Gasteiger partial charge in [-0.25, -0.2) is 4.39 Å². The van der Waals surface area contributed by atoms with Crippen LogP contribution in [0.5, 0.6) is 0 Å². The number of hydrogen-bond donors (Lipinski definition) is 1. The molecule has 1 aromatic rings. The van der Waals surface area contributed by atoms with Crippen molar-refractivity contribution < 1.29 is 19.1 Å². The van der Waals surface area contributed by atoms with E-state index in [1.165, 1.54) is 12.1 Å². The van der Waals surface area contributed by atoms with E-state index in [0.717, 1.165) is 31.6 Å². The van der Waals surface area contributed by atoms with Gasteiger partial charge in [0.05, 0.1) is 11.8 Å². The van der Waals surface area contributed by atoms with E-state index in [4.69, 9.17) is 0 Å². The zero-order valence-electron chi connectivity index (χ0n) is 14.6. The highest BCUT2D eigenvalue weighted by Crippen LogP contribution is 2.48. The first-order valence-electron chi connectivity index (χ1n) is 9.19. The highest BCUT2D eigenvalue weighted by molar-refractivity contribution is 5.87. The summed E-state index contributed by atoms with van der Waals surface area (Å²) in [4.78, 5) is 28.7. The summed E-state index contributed by atoms with van der Waals surface area (Å²) in [6, 6.07) is 6.49. The molecule has 1 aromatic carbocycles. The van der Waals surface area contributed by atoms with Gasteiger partial charge < -0.3 is 10.0 Å². The lowest BCUT2D eigenvalue weighted by Gasteiger charge is -2.37. The quantitative estimate of drug-likeness (QED) is 0.837. The minimum atomic E-state index is -0.852. The molecule has 2 bridgehead atoms. The number of carboxylic acid groups (broad SMARTS) is 1. The number of hydrogen-bond acceptors (Lipinski definition) is 3. The molecule has 1 saturated heterocycles. The molecule has 5 nitrogen and oxygen atoms in total. The molecule has 1 heterocycles. The summed E-state index contributed by atoms with van der Waals surface area (Å²) >= 11 is 0. The van der Waals surface area contributed by atoms with Gasteiger partial charge in [-0.2, -0.15) is 0 Å². The number of carboxylic acids is 1. The van der Waals surface area contributed by atoms with Gasteiger partial charge >= 0.3 is 5.97 Å². The van der Waals surface area contributed by atoms with E-state index in [-0.39, 0.29) is 23.6 Å². The van der Waals surface area contributed by atoms with Crippen molar-refractivity contribution in [2.45, 2.75) is 13.0 Å². The van der Waals surface area contributed by atoms with Gasteiger partial charge in [-0.3, -0.25) is 14.5 Å². The minimum absolute atomic E-state index is 0.00400. The maximum atomic E-state index is 13.0. The number of amides is 1. The molecule has 2 aliphatic carbocycles. The van der Waals surface area contributed by atoms with Gasteiger partial charge in [-0.05, 0) is 36.0 Å². The van der Waals surface area contributed by atoms with Crippen molar-refractivity contribution in [1.29, 1.82) is 0 Å². The zero-order valence-corrected chi connectivity index (χ0v) is 14.6. The van der Waals surface area contributed by atoms with Gasteiger partial charge in [0.25, 0.3) is 0 Å². The maximum Gasteiger partial charge on any atom is 0.307 e. The normalized spacial score (nSPS) is 30.7. The van der Waals surface area contributed by atoms with Crippen LogP contribution in [0.25, 0.3) is 0 Å². The minimum Gasteiger partial charge on any atom is -0.481 e. The van der Waals surface area contributed by atoms with Gasteiger partial charge in [0.15, 0.2) is 0 Å². The molecule has 4 atom stereocenters. The van der Waals surface area contributed by atoms with Crippen molar-refractivity contribution in [2.24, 2.45) is 23.7 Å². The van der Waals surface area contributed by atoms with Crippen LogP contribution in [-0.4, -0.2) is 53.0 Å². The van der Waals surface area contributed by atoms with Crippen molar-refractivity contribution >= 4 is 11.9 Å². The van der Waals surface area contributed by atoms with E-state index in [0.29, 0.717) is 13.1 Å². The SMILES string of the molecule is O=C(O)[C@@H]1[C@H](C(=O)N2CCN(Cc3ccc(F)cc3)CC2)[C@H]2C=C[C@H]1C2. The maximum absolute atomic E-state index is 13.0. The molecule has 3 aliphatic rings. The highest BCUT2D eigenvalue weighted by atomic mass is 19.1. The number of aliphatic carboxylic acids is 1. The van der Waals surface area contributed by atoms with E-state index in [1.54, 1.807) is 12.1 Å². The van der Waals surface area contributed by atoms with Crippen LogP contribution in [0.15, 0.2) is 36.4 Å². The lowest BCUT2D eigenvalue weighted by atomic mass is 9.82. The Morgan fingerprint density at radius 1 is 1.00 bits per heavy atom. The standard InChI is InChI=1S/C20H23FN2O3/c21-16-5-1-13(2-6-16)12-22-7-9-23(10-8-22)19(24)17-14-3-4-15(11-14)18(17)20(25)26/h1-6,14-15,17-18H,7-12H2,(H,25,26)/t14-,15-,17+,18-/m0/s1. The Morgan fingerprint density at radius 2 is 1.62 bits per heavy atom.